The van der Waals surface area contributed by atoms with Gasteiger partial charge in [-0.1, -0.05) is 25.1 Å². The maximum absolute atomic E-state index is 12.5. The summed E-state index contributed by atoms with van der Waals surface area (Å²) >= 11 is 0. The van der Waals surface area contributed by atoms with E-state index >= 15 is 0 Å². The lowest BCUT2D eigenvalue weighted by atomic mass is 9.94. The minimum absolute atomic E-state index is 0.0296. The number of carbonyl (C=O) groups is 1. The second kappa shape index (κ2) is 6.81. The van der Waals surface area contributed by atoms with Gasteiger partial charge in [0.15, 0.2) is 0 Å². The van der Waals surface area contributed by atoms with Gasteiger partial charge in [-0.15, -0.1) is 0 Å². The maximum Gasteiger partial charge on any atom is 0.317 e. The SMILES string of the molecule is CC[C@@]1(CO)CCCN1C(=O)NCCc1nn(C)c2ccccc12. The van der Waals surface area contributed by atoms with Crippen molar-refractivity contribution in [2.45, 2.75) is 38.1 Å². The molecule has 1 aromatic heterocycles. The molecule has 0 saturated carbocycles. The molecule has 3 rings (SSSR count). The molecule has 1 atom stereocenters. The van der Waals surface area contributed by atoms with Crippen LogP contribution in [0.5, 0.6) is 0 Å². The molecule has 0 aliphatic carbocycles. The second-order valence-corrected chi connectivity index (χ2v) is 6.56. The summed E-state index contributed by atoms with van der Waals surface area (Å²) < 4.78 is 1.88. The Labute approximate surface area is 142 Å². The molecule has 2 aromatic rings. The summed E-state index contributed by atoms with van der Waals surface area (Å²) in [6.07, 6.45) is 3.30. The lowest BCUT2D eigenvalue weighted by Gasteiger charge is -2.36. The van der Waals surface area contributed by atoms with Gasteiger partial charge >= 0.3 is 6.03 Å². The fourth-order valence-electron chi connectivity index (χ4n) is 3.76. The average molecular weight is 330 g/mol. The summed E-state index contributed by atoms with van der Waals surface area (Å²) in [5.41, 5.74) is 1.71. The third kappa shape index (κ3) is 2.86. The van der Waals surface area contributed by atoms with Gasteiger partial charge in [0.1, 0.15) is 0 Å². The van der Waals surface area contributed by atoms with Crippen molar-refractivity contribution in [3.63, 3.8) is 0 Å². The number of urea groups is 1. The number of nitrogens with zero attached hydrogens (tertiary/aromatic N) is 3. The normalized spacial score (nSPS) is 20.7. The molecule has 0 bridgehead atoms. The lowest BCUT2D eigenvalue weighted by Crippen LogP contribution is -2.53. The van der Waals surface area contributed by atoms with Crippen LogP contribution in [-0.2, 0) is 13.5 Å². The molecular weight excluding hydrogens is 304 g/mol. The zero-order valence-electron chi connectivity index (χ0n) is 14.5. The van der Waals surface area contributed by atoms with E-state index in [0.29, 0.717) is 19.5 Å². The zero-order chi connectivity index (χ0) is 17.2. The highest BCUT2D eigenvalue weighted by Crippen LogP contribution is 2.31. The van der Waals surface area contributed by atoms with Gasteiger partial charge in [0.25, 0.3) is 0 Å². The number of hydrogen-bond acceptors (Lipinski definition) is 3. The Kier molecular flexibility index (Phi) is 4.76. The molecular formula is C18H26N4O2. The molecule has 0 unspecified atom stereocenters. The summed E-state index contributed by atoms with van der Waals surface area (Å²) in [5.74, 6) is 0. The maximum atomic E-state index is 12.5. The first-order valence-corrected chi connectivity index (χ1v) is 8.68. The molecule has 2 heterocycles. The number of aryl methyl sites for hydroxylation is 1. The number of aromatic nitrogens is 2. The summed E-state index contributed by atoms with van der Waals surface area (Å²) in [6, 6.07) is 8.04. The molecule has 1 fully saturated rings. The standard InChI is InChI=1S/C18H26N4O2/c1-3-18(13-23)10-6-12-22(18)17(24)19-11-9-15-14-7-4-5-8-16(14)21(2)20-15/h4-5,7-8,23H,3,6,9-13H2,1-2H3,(H,19,24)/t18-/m0/s1. The Balaban J connectivity index is 1.63. The lowest BCUT2D eigenvalue weighted by molar-refractivity contribution is 0.0811. The monoisotopic (exact) mass is 330 g/mol. The van der Waals surface area contributed by atoms with Crippen LogP contribution in [-0.4, -0.2) is 51.1 Å². The molecule has 1 aromatic carbocycles. The van der Waals surface area contributed by atoms with Crippen molar-refractivity contribution >= 4 is 16.9 Å². The molecule has 6 nitrogen and oxygen atoms in total. The second-order valence-electron chi connectivity index (χ2n) is 6.56. The first-order valence-electron chi connectivity index (χ1n) is 8.68. The Morgan fingerprint density at radius 2 is 2.21 bits per heavy atom. The minimum Gasteiger partial charge on any atom is -0.394 e. The largest absolute Gasteiger partial charge is 0.394 e. The third-order valence-electron chi connectivity index (χ3n) is 5.27. The van der Waals surface area contributed by atoms with Gasteiger partial charge in [-0.3, -0.25) is 4.68 Å². The van der Waals surface area contributed by atoms with Crippen molar-refractivity contribution in [3.05, 3.63) is 30.0 Å². The van der Waals surface area contributed by atoms with Crippen LogP contribution in [0.25, 0.3) is 10.9 Å². The predicted molar refractivity (Wildman–Crippen MR) is 93.9 cm³/mol. The number of carbonyl (C=O) groups excluding carboxylic acids is 1. The third-order valence-corrected chi connectivity index (χ3v) is 5.27. The number of hydrogen-bond donors (Lipinski definition) is 2. The van der Waals surface area contributed by atoms with Gasteiger partial charge in [-0.2, -0.15) is 5.10 Å². The number of likely N-dealkylation sites (tertiary alicyclic amines) is 1. The summed E-state index contributed by atoms with van der Waals surface area (Å²) in [6.45, 7) is 3.32. The van der Waals surface area contributed by atoms with Crippen molar-refractivity contribution in [3.8, 4) is 0 Å². The molecule has 6 heteroatoms. The number of benzene rings is 1. The van der Waals surface area contributed by atoms with E-state index in [-0.39, 0.29) is 18.2 Å². The number of nitrogens with one attached hydrogen (secondary N) is 1. The van der Waals surface area contributed by atoms with Crippen LogP contribution in [0.15, 0.2) is 24.3 Å². The number of aliphatic hydroxyl groups is 1. The smallest absolute Gasteiger partial charge is 0.317 e. The van der Waals surface area contributed by atoms with Gasteiger partial charge < -0.3 is 15.3 Å². The van der Waals surface area contributed by atoms with Crippen LogP contribution in [0.4, 0.5) is 4.79 Å². The molecule has 1 aliphatic rings. The van der Waals surface area contributed by atoms with E-state index in [2.05, 4.69) is 16.5 Å². The van der Waals surface area contributed by atoms with Crippen molar-refractivity contribution in [2.24, 2.45) is 7.05 Å². The number of fused-ring (bicyclic) bond motifs is 1. The van der Waals surface area contributed by atoms with Crippen LogP contribution in [0.1, 0.15) is 31.9 Å². The molecule has 1 saturated heterocycles. The van der Waals surface area contributed by atoms with Gasteiger partial charge in [0, 0.05) is 31.9 Å². The van der Waals surface area contributed by atoms with Crippen molar-refractivity contribution in [1.29, 1.82) is 0 Å². The van der Waals surface area contributed by atoms with Gasteiger partial charge in [0.2, 0.25) is 0 Å². The topological polar surface area (TPSA) is 70.4 Å². The molecule has 130 valence electrons. The first-order chi connectivity index (χ1) is 11.6. The number of para-hydroxylation sites is 1. The molecule has 24 heavy (non-hydrogen) atoms. The van der Waals surface area contributed by atoms with Crippen molar-refractivity contribution in [2.75, 3.05) is 19.7 Å². The number of amides is 2. The Bertz CT molecular complexity index is 721. The van der Waals surface area contributed by atoms with Crippen molar-refractivity contribution < 1.29 is 9.90 Å². The summed E-state index contributed by atoms with van der Waals surface area (Å²) in [4.78, 5) is 14.3. The van der Waals surface area contributed by atoms with Gasteiger partial charge in [-0.05, 0) is 25.3 Å². The fraction of sp³-hybridized carbons (Fsp3) is 0.556. The van der Waals surface area contributed by atoms with E-state index in [4.69, 9.17) is 0 Å². The number of aliphatic hydroxyl groups excluding tert-OH is 1. The van der Waals surface area contributed by atoms with Crippen molar-refractivity contribution in [1.82, 2.24) is 20.0 Å². The van der Waals surface area contributed by atoms with Crippen LogP contribution in [0, 0.1) is 0 Å². The highest BCUT2D eigenvalue weighted by atomic mass is 16.3. The average Bonchev–Trinajstić information content (AvgIpc) is 3.17. The Hall–Kier alpha value is -2.08. The van der Waals surface area contributed by atoms with Gasteiger partial charge in [0.05, 0.1) is 23.4 Å². The van der Waals surface area contributed by atoms with Crippen LogP contribution in [0.3, 0.4) is 0 Å². The van der Waals surface area contributed by atoms with E-state index in [1.165, 1.54) is 0 Å². The molecule has 0 spiro atoms. The van der Waals surface area contributed by atoms with Crippen LogP contribution < -0.4 is 5.32 Å². The van der Waals surface area contributed by atoms with Gasteiger partial charge in [-0.25, -0.2) is 4.79 Å². The molecule has 2 N–H and O–H groups in total. The number of rotatable bonds is 5. The Morgan fingerprint density at radius 3 is 2.96 bits per heavy atom. The molecule has 1 aliphatic heterocycles. The quantitative estimate of drug-likeness (QED) is 0.881. The van der Waals surface area contributed by atoms with E-state index < -0.39 is 0 Å². The van der Waals surface area contributed by atoms with E-state index in [1.807, 2.05) is 41.8 Å². The first kappa shape index (κ1) is 16.8. The van der Waals surface area contributed by atoms with E-state index in [9.17, 15) is 9.90 Å². The van der Waals surface area contributed by atoms with Crippen LogP contribution >= 0.6 is 0 Å². The van der Waals surface area contributed by atoms with E-state index in [1.54, 1.807) is 0 Å². The predicted octanol–water partition coefficient (Wildman–Crippen LogP) is 2.06. The Morgan fingerprint density at radius 1 is 1.42 bits per heavy atom. The molecule has 0 radical (unpaired) electrons. The highest BCUT2D eigenvalue weighted by Gasteiger charge is 2.41. The summed E-state index contributed by atoms with van der Waals surface area (Å²) in [5, 5.41) is 18.4. The van der Waals surface area contributed by atoms with E-state index in [0.717, 1.165) is 35.9 Å². The molecule has 2 amide bonds. The summed E-state index contributed by atoms with van der Waals surface area (Å²) in [7, 11) is 1.94. The minimum atomic E-state index is -0.387. The van der Waals surface area contributed by atoms with Crippen LogP contribution in [0.2, 0.25) is 0 Å². The highest BCUT2D eigenvalue weighted by molar-refractivity contribution is 5.82. The fourth-order valence-corrected chi connectivity index (χ4v) is 3.76. The zero-order valence-corrected chi connectivity index (χ0v) is 14.5.